The Balaban J connectivity index is 1.87. The van der Waals surface area contributed by atoms with E-state index in [1.807, 2.05) is 6.92 Å². The van der Waals surface area contributed by atoms with Gasteiger partial charge in [0.25, 0.3) is 0 Å². The van der Waals surface area contributed by atoms with Crippen LogP contribution in [-0.2, 0) is 17.6 Å². The highest BCUT2D eigenvalue weighted by Gasteiger charge is 2.22. The topological polar surface area (TPSA) is 54.9 Å². The Morgan fingerprint density at radius 1 is 1.41 bits per heavy atom. The van der Waals surface area contributed by atoms with E-state index in [4.69, 9.17) is 0 Å². The number of carbonyl (C=O) groups is 1. The Morgan fingerprint density at radius 2 is 2.23 bits per heavy atom. The zero-order valence-corrected chi connectivity index (χ0v) is 14.6. The summed E-state index contributed by atoms with van der Waals surface area (Å²) in [5.74, 6) is 0.0858. The summed E-state index contributed by atoms with van der Waals surface area (Å²) < 4.78 is 0. The van der Waals surface area contributed by atoms with Crippen LogP contribution in [0, 0.1) is 0 Å². The number of nitrogens with one attached hydrogen (secondary N) is 1. The van der Waals surface area contributed by atoms with Crippen LogP contribution in [0.15, 0.2) is 11.4 Å². The van der Waals surface area contributed by atoms with Crippen LogP contribution in [0.1, 0.15) is 43.6 Å². The third kappa shape index (κ3) is 3.13. The normalized spacial score (nSPS) is 15.5. The van der Waals surface area contributed by atoms with Crippen LogP contribution in [-0.4, -0.2) is 27.7 Å². The zero-order chi connectivity index (χ0) is 15.5. The second kappa shape index (κ2) is 6.96. The largest absolute Gasteiger partial charge is 0.355 e. The molecule has 4 nitrogen and oxygen atoms in total. The summed E-state index contributed by atoms with van der Waals surface area (Å²) in [6.07, 6.45) is 7.37. The second-order valence-electron chi connectivity index (χ2n) is 5.62. The predicted octanol–water partition coefficient (Wildman–Crippen LogP) is 3.58. The molecule has 0 aliphatic heterocycles. The van der Waals surface area contributed by atoms with Gasteiger partial charge in [-0.3, -0.25) is 4.79 Å². The molecule has 118 valence electrons. The maximum atomic E-state index is 12.1. The Labute approximate surface area is 139 Å². The number of carbonyl (C=O) groups excluding carboxylic acids is 1. The fourth-order valence-corrected chi connectivity index (χ4v) is 5.03. The number of hydrogen-bond donors (Lipinski definition) is 1. The molecule has 0 unspecified atom stereocenters. The van der Waals surface area contributed by atoms with Gasteiger partial charge in [0.05, 0.1) is 5.25 Å². The van der Waals surface area contributed by atoms with E-state index < -0.39 is 0 Å². The lowest BCUT2D eigenvalue weighted by atomic mass is 9.97. The highest BCUT2D eigenvalue weighted by Crippen LogP contribution is 2.40. The van der Waals surface area contributed by atoms with Crippen molar-refractivity contribution in [2.24, 2.45) is 0 Å². The molecular weight excluding hydrogens is 314 g/mol. The summed E-state index contributed by atoms with van der Waals surface area (Å²) in [5, 5.41) is 4.98. The summed E-state index contributed by atoms with van der Waals surface area (Å²) in [5.41, 5.74) is 1.43. The lowest BCUT2D eigenvalue weighted by Crippen LogP contribution is -2.31. The van der Waals surface area contributed by atoms with Gasteiger partial charge in [-0.1, -0.05) is 18.7 Å². The van der Waals surface area contributed by atoms with E-state index in [1.165, 1.54) is 28.7 Å². The van der Waals surface area contributed by atoms with Crippen molar-refractivity contribution in [3.05, 3.63) is 16.8 Å². The van der Waals surface area contributed by atoms with Crippen LogP contribution >= 0.6 is 23.1 Å². The molecule has 2 aromatic heterocycles. The minimum Gasteiger partial charge on any atom is -0.355 e. The van der Waals surface area contributed by atoms with Crippen molar-refractivity contribution >= 4 is 39.2 Å². The Hall–Kier alpha value is -1.14. The van der Waals surface area contributed by atoms with Crippen molar-refractivity contribution in [1.29, 1.82) is 0 Å². The highest BCUT2D eigenvalue weighted by molar-refractivity contribution is 8.00. The number of hydrogen-bond acceptors (Lipinski definition) is 5. The van der Waals surface area contributed by atoms with Gasteiger partial charge in [-0.2, -0.15) is 0 Å². The Kier molecular flexibility index (Phi) is 4.98. The smallest absolute Gasteiger partial charge is 0.233 e. The van der Waals surface area contributed by atoms with E-state index in [0.717, 1.165) is 35.7 Å². The van der Waals surface area contributed by atoms with E-state index in [1.54, 1.807) is 29.4 Å². The summed E-state index contributed by atoms with van der Waals surface area (Å²) >= 11 is 3.35. The molecule has 0 saturated carbocycles. The van der Waals surface area contributed by atoms with Gasteiger partial charge in [-0.25, -0.2) is 9.97 Å². The molecule has 0 fully saturated rings. The average molecular weight is 335 g/mol. The van der Waals surface area contributed by atoms with Gasteiger partial charge < -0.3 is 5.32 Å². The summed E-state index contributed by atoms with van der Waals surface area (Å²) in [4.78, 5) is 23.5. The van der Waals surface area contributed by atoms with Crippen LogP contribution < -0.4 is 5.32 Å². The minimum atomic E-state index is -0.135. The monoisotopic (exact) mass is 335 g/mol. The standard InChI is InChI=1S/C16H21N3OS2/c1-3-8-17-14(20)10(2)21-15-13-11-6-4-5-7-12(11)22-16(13)19-9-18-15/h9-10H,3-8H2,1-2H3,(H,17,20)/t10-/m0/s1. The molecule has 1 atom stereocenters. The predicted molar refractivity (Wildman–Crippen MR) is 92.7 cm³/mol. The number of amides is 1. The Morgan fingerprint density at radius 3 is 3.05 bits per heavy atom. The SMILES string of the molecule is CCCNC(=O)[C@H](C)Sc1ncnc2sc3c(c12)CCCC3. The molecule has 22 heavy (non-hydrogen) atoms. The van der Waals surface area contributed by atoms with Crippen LogP contribution in [0.5, 0.6) is 0 Å². The van der Waals surface area contributed by atoms with E-state index in [9.17, 15) is 4.79 Å². The summed E-state index contributed by atoms with van der Waals surface area (Å²) in [7, 11) is 0. The zero-order valence-electron chi connectivity index (χ0n) is 13.0. The molecule has 0 radical (unpaired) electrons. The van der Waals surface area contributed by atoms with Crippen LogP contribution in [0.3, 0.4) is 0 Å². The molecular formula is C16H21N3OS2. The third-order valence-corrected chi connectivity index (χ3v) is 6.22. The molecule has 0 aromatic carbocycles. The van der Waals surface area contributed by atoms with Crippen molar-refractivity contribution in [3.8, 4) is 0 Å². The van der Waals surface area contributed by atoms with Gasteiger partial charge in [0.2, 0.25) is 5.91 Å². The summed E-state index contributed by atoms with van der Waals surface area (Å²) in [6.45, 7) is 4.74. The first-order valence-electron chi connectivity index (χ1n) is 7.90. The number of thiophene rings is 1. The minimum absolute atomic E-state index is 0.0858. The second-order valence-corrected chi connectivity index (χ2v) is 8.03. The van der Waals surface area contributed by atoms with Gasteiger partial charge in [0.15, 0.2) is 0 Å². The fourth-order valence-electron chi connectivity index (χ4n) is 2.76. The first-order valence-corrected chi connectivity index (χ1v) is 9.60. The van der Waals surface area contributed by atoms with Crippen molar-refractivity contribution in [2.75, 3.05) is 6.54 Å². The molecule has 6 heteroatoms. The first kappa shape index (κ1) is 15.7. The van der Waals surface area contributed by atoms with Gasteiger partial charge in [-0.05, 0) is 44.6 Å². The lowest BCUT2D eigenvalue weighted by molar-refractivity contribution is -0.120. The van der Waals surface area contributed by atoms with Crippen molar-refractivity contribution < 1.29 is 4.79 Å². The third-order valence-electron chi connectivity index (χ3n) is 3.92. The molecule has 0 spiro atoms. The van der Waals surface area contributed by atoms with Crippen molar-refractivity contribution in [2.45, 2.75) is 56.2 Å². The number of aromatic nitrogens is 2. The number of nitrogens with zero attached hydrogens (tertiary/aromatic N) is 2. The lowest BCUT2D eigenvalue weighted by Gasteiger charge is -2.13. The molecule has 2 aromatic rings. The van der Waals surface area contributed by atoms with Crippen molar-refractivity contribution in [3.63, 3.8) is 0 Å². The highest BCUT2D eigenvalue weighted by atomic mass is 32.2. The molecule has 1 amide bonds. The summed E-state index contributed by atoms with van der Waals surface area (Å²) in [6, 6.07) is 0. The number of rotatable bonds is 5. The molecule has 1 aliphatic rings. The van der Waals surface area contributed by atoms with E-state index >= 15 is 0 Å². The molecule has 3 rings (SSSR count). The number of aryl methyl sites for hydroxylation is 2. The quantitative estimate of drug-likeness (QED) is 0.670. The number of thioether (sulfide) groups is 1. The molecule has 0 bridgehead atoms. The Bertz CT molecular complexity index is 683. The van der Waals surface area contributed by atoms with Crippen molar-refractivity contribution in [1.82, 2.24) is 15.3 Å². The number of fused-ring (bicyclic) bond motifs is 3. The molecule has 0 saturated heterocycles. The average Bonchev–Trinajstić information content (AvgIpc) is 2.92. The van der Waals surface area contributed by atoms with Gasteiger partial charge in [0.1, 0.15) is 16.2 Å². The maximum absolute atomic E-state index is 12.1. The van der Waals surface area contributed by atoms with E-state index in [-0.39, 0.29) is 11.2 Å². The van der Waals surface area contributed by atoms with E-state index in [2.05, 4.69) is 22.2 Å². The molecule has 2 heterocycles. The van der Waals surface area contributed by atoms with Gasteiger partial charge >= 0.3 is 0 Å². The molecule has 1 aliphatic carbocycles. The first-order chi connectivity index (χ1) is 10.7. The fraction of sp³-hybridized carbons (Fsp3) is 0.562. The van der Waals surface area contributed by atoms with Gasteiger partial charge in [0, 0.05) is 16.8 Å². The van der Waals surface area contributed by atoms with Crippen LogP contribution in [0.25, 0.3) is 10.2 Å². The van der Waals surface area contributed by atoms with E-state index in [0.29, 0.717) is 0 Å². The van der Waals surface area contributed by atoms with Gasteiger partial charge in [-0.15, -0.1) is 11.3 Å². The molecule has 1 N–H and O–H groups in total. The van der Waals surface area contributed by atoms with Crippen LogP contribution in [0.4, 0.5) is 0 Å². The van der Waals surface area contributed by atoms with Crippen LogP contribution in [0.2, 0.25) is 0 Å². The maximum Gasteiger partial charge on any atom is 0.233 e.